The SMILES string of the molecule is CCCCN(CC)CCCC(C)(C)N. The van der Waals surface area contributed by atoms with Crippen molar-refractivity contribution in [3.8, 4) is 0 Å². The van der Waals surface area contributed by atoms with Crippen molar-refractivity contribution in [2.45, 2.75) is 58.9 Å². The lowest BCUT2D eigenvalue weighted by Crippen LogP contribution is -2.34. The fourth-order valence-electron chi connectivity index (χ4n) is 1.57. The Morgan fingerprint density at radius 1 is 1.07 bits per heavy atom. The molecule has 0 aromatic heterocycles. The second-order valence-corrected chi connectivity index (χ2v) is 4.88. The Labute approximate surface area is 89.9 Å². The second kappa shape index (κ2) is 7.24. The minimum absolute atomic E-state index is 0.00413. The fraction of sp³-hybridized carbons (Fsp3) is 1.00. The smallest absolute Gasteiger partial charge is 0.00975 e. The van der Waals surface area contributed by atoms with Gasteiger partial charge in [0.1, 0.15) is 0 Å². The predicted molar refractivity (Wildman–Crippen MR) is 64.5 cm³/mol. The Morgan fingerprint density at radius 2 is 1.64 bits per heavy atom. The van der Waals surface area contributed by atoms with Gasteiger partial charge in [0, 0.05) is 5.54 Å². The van der Waals surface area contributed by atoms with Gasteiger partial charge in [-0.05, 0) is 52.7 Å². The molecule has 0 fully saturated rings. The van der Waals surface area contributed by atoms with Gasteiger partial charge < -0.3 is 10.6 Å². The molecule has 2 nitrogen and oxygen atoms in total. The van der Waals surface area contributed by atoms with E-state index in [9.17, 15) is 0 Å². The minimum Gasteiger partial charge on any atom is -0.326 e. The summed E-state index contributed by atoms with van der Waals surface area (Å²) in [6.07, 6.45) is 4.95. The number of hydrogen-bond donors (Lipinski definition) is 1. The average molecular weight is 200 g/mol. The summed E-state index contributed by atoms with van der Waals surface area (Å²) < 4.78 is 0. The molecule has 0 unspecified atom stereocenters. The van der Waals surface area contributed by atoms with Crippen molar-refractivity contribution in [1.29, 1.82) is 0 Å². The van der Waals surface area contributed by atoms with Gasteiger partial charge in [0.25, 0.3) is 0 Å². The standard InChI is InChI=1S/C12H28N2/c1-5-7-10-14(6-2)11-8-9-12(3,4)13/h5-11,13H2,1-4H3. The Kier molecular flexibility index (Phi) is 7.20. The summed E-state index contributed by atoms with van der Waals surface area (Å²) in [7, 11) is 0. The van der Waals surface area contributed by atoms with Crippen LogP contribution in [0.4, 0.5) is 0 Å². The van der Waals surface area contributed by atoms with Crippen LogP contribution in [0.5, 0.6) is 0 Å². The number of rotatable bonds is 8. The molecule has 2 heteroatoms. The van der Waals surface area contributed by atoms with E-state index in [1.165, 1.54) is 38.9 Å². The van der Waals surface area contributed by atoms with Gasteiger partial charge in [0.2, 0.25) is 0 Å². The second-order valence-electron chi connectivity index (χ2n) is 4.88. The van der Waals surface area contributed by atoms with Gasteiger partial charge in [-0.3, -0.25) is 0 Å². The fourth-order valence-corrected chi connectivity index (χ4v) is 1.57. The van der Waals surface area contributed by atoms with Crippen LogP contribution >= 0.6 is 0 Å². The maximum atomic E-state index is 5.94. The molecule has 0 heterocycles. The average Bonchev–Trinajstić information content (AvgIpc) is 2.09. The summed E-state index contributed by atoms with van der Waals surface area (Å²) in [5, 5.41) is 0. The first-order valence-electron chi connectivity index (χ1n) is 6.01. The molecule has 0 rings (SSSR count). The quantitative estimate of drug-likeness (QED) is 0.652. The van der Waals surface area contributed by atoms with E-state index in [1.807, 2.05) is 0 Å². The van der Waals surface area contributed by atoms with E-state index in [0.29, 0.717) is 0 Å². The molecule has 0 radical (unpaired) electrons. The molecule has 0 amide bonds. The van der Waals surface area contributed by atoms with E-state index in [-0.39, 0.29) is 5.54 Å². The molecule has 0 atom stereocenters. The van der Waals surface area contributed by atoms with Crippen molar-refractivity contribution in [2.75, 3.05) is 19.6 Å². The molecular formula is C12H28N2. The molecule has 2 N–H and O–H groups in total. The van der Waals surface area contributed by atoms with E-state index in [4.69, 9.17) is 5.73 Å². The summed E-state index contributed by atoms with van der Waals surface area (Å²) in [6.45, 7) is 12.3. The van der Waals surface area contributed by atoms with Gasteiger partial charge in [0.05, 0.1) is 0 Å². The van der Waals surface area contributed by atoms with E-state index >= 15 is 0 Å². The predicted octanol–water partition coefficient (Wildman–Crippen LogP) is 2.63. The Morgan fingerprint density at radius 3 is 2.07 bits per heavy atom. The summed E-state index contributed by atoms with van der Waals surface area (Å²) in [4.78, 5) is 2.52. The Hall–Kier alpha value is -0.0800. The molecule has 0 aliphatic heterocycles. The zero-order chi connectivity index (χ0) is 11.0. The van der Waals surface area contributed by atoms with Crippen molar-refractivity contribution >= 4 is 0 Å². The molecule has 0 aromatic rings. The van der Waals surface area contributed by atoms with Gasteiger partial charge in [0.15, 0.2) is 0 Å². The molecule has 0 bridgehead atoms. The van der Waals surface area contributed by atoms with Crippen LogP contribution < -0.4 is 5.73 Å². The molecule has 14 heavy (non-hydrogen) atoms. The highest BCUT2D eigenvalue weighted by Crippen LogP contribution is 2.08. The van der Waals surface area contributed by atoms with Crippen molar-refractivity contribution in [1.82, 2.24) is 4.90 Å². The highest BCUT2D eigenvalue weighted by Gasteiger charge is 2.10. The number of hydrogen-bond acceptors (Lipinski definition) is 2. The molecule has 0 saturated heterocycles. The number of nitrogens with two attached hydrogens (primary N) is 1. The zero-order valence-corrected chi connectivity index (χ0v) is 10.5. The maximum absolute atomic E-state index is 5.94. The summed E-state index contributed by atoms with van der Waals surface area (Å²) >= 11 is 0. The highest BCUT2D eigenvalue weighted by atomic mass is 15.1. The van der Waals surface area contributed by atoms with Crippen molar-refractivity contribution in [3.05, 3.63) is 0 Å². The van der Waals surface area contributed by atoms with Crippen LogP contribution in [0, 0.1) is 0 Å². The normalized spacial score (nSPS) is 12.4. The van der Waals surface area contributed by atoms with Gasteiger partial charge in [-0.1, -0.05) is 20.3 Å². The Balaban J connectivity index is 3.52. The third-order valence-electron chi connectivity index (χ3n) is 2.57. The summed E-state index contributed by atoms with van der Waals surface area (Å²) in [6, 6.07) is 0. The van der Waals surface area contributed by atoms with Crippen molar-refractivity contribution in [2.24, 2.45) is 5.73 Å². The van der Waals surface area contributed by atoms with Gasteiger partial charge >= 0.3 is 0 Å². The monoisotopic (exact) mass is 200 g/mol. The molecule has 0 spiro atoms. The van der Waals surface area contributed by atoms with Crippen LogP contribution in [0.3, 0.4) is 0 Å². The van der Waals surface area contributed by atoms with E-state index in [0.717, 1.165) is 6.42 Å². The molecule has 0 aliphatic carbocycles. The van der Waals surface area contributed by atoms with Crippen LogP contribution in [-0.2, 0) is 0 Å². The summed E-state index contributed by atoms with van der Waals surface area (Å²) in [5.41, 5.74) is 5.95. The Bertz CT molecular complexity index is 127. The first-order valence-corrected chi connectivity index (χ1v) is 6.01. The first kappa shape index (κ1) is 13.9. The molecule has 0 aliphatic rings. The van der Waals surface area contributed by atoms with Crippen LogP contribution in [0.1, 0.15) is 53.4 Å². The van der Waals surface area contributed by atoms with Crippen molar-refractivity contribution in [3.63, 3.8) is 0 Å². The largest absolute Gasteiger partial charge is 0.326 e. The number of unbranched alkanes of at least 4 members (excludes halogenated alkanes) is 1. The lowest BCUT2D eigenvalue weighted by atomic mass is 10.00. The lowest BCUT2D eigenvalue weighted by molar-refractivity contribution is 0.267. The minimum atomic E-state index is 0.00413. The third-order valence-corrected chi connectivity index (χ3v) is 2.57. The van der Waals surface area contributed by atoms with E-state index < -0.39 is 0 Å². The molecule has 0 saturated carbocycles. The van der Waals surface area contributed by atoms with E-state index in [1.54, 1.807) is 0 Å². The van der Waals surface area contributed by atoms with E-state index in [2.05, 4.69) is 32.6 Å². The number of nitrogens with zero attached hydrogens (tertiary/aromatic N) is 1. The first-order chi connectivity index (χ1) is 6.49. The molecular weight excluding hydrogens is 172 g/mol. The molecule has 86 valence electrons. The van der Waals surface area contributed by atoms with Crippen LogP contribution in [-0.4, -0.2) is 30.1 Å². The van der Waals surface area contributed by atoms with Gasteiger partial charge in [-0.2, -0.15) is 0 Å². The van der Waals surface area contributed by atoms with Crippen LogP contribution in [0.2, 0.25) is 0 Å². The highest BCUT2D eigenvalue weighted by molar-refractivity contribution is 4.72. The summed E-state index contributed by atoms with van der Waals surface area (Å²) in [5.74, 6) is 0. The maximum Gasteiger partial charge on any atom is 0.00975 e. The van der Waals surface area contributed by atoms with Crippen molar-refractivity contribution < 1.29 is 0 Å². The zero-order valence-electron chi connectivity index (χ0n) is 10.5. The topological polar surface area (TPSA) is 29.3 Å². The molecule has 0 aromatic carbocycles. The third kappa shape index (κ3) is 8.52. The lowest BCUT2D eigenvalue weighted by Gasteiger charge is -2.23. The van der Waals surface area contributed by atoms with Gasteiger partial charge in [-0.25, -0.2) is 0 Å². The van der Waals surface area contributed by atoms with Crippen LogP contribution in [0.15, 0.2) is 0 Å². The van der Waals surface area contributed by atoms with Crippen LogP contribution in [0.25, 0.3) is 0 Å². The van der Waals surface area contributed by atoms with Gasteiger partial charge in [-0.15, -0.1) is 0 Å².